The van der Waals surface area contributed by atoms with Crippen LogP contribution >= 0.6 is 0 Å². The third-order valence-corrected chi connectivity index (χ3v) is 3.71. The van der Waals surface area contributed by atoms with Crippen molar-refractivity contribution in [2.75, 3.05) is 6.61 Å². The summed E-state index contributed by atoms with van der Waals surface area (Å²) in [6, 6.07) is 15.4. The van der Waals surface area contributed by atoms with E-state index in [4.69, 9.17) is 13.9 Å². The van der Waals surface area contributed by atoms with Crippen LogP contribution in [0.25, 0.3) is 11.3 Å². The van der Waals surface area contributed by atoms with E-state index in [1.54, 1.807) is 6.20 Å². The Morgan fingerprint density at radius 1 is 1.04 bits per heavy atom. The van der Waals surface area contributed by atoms with E-state index in [2.05, 4.69) is 4.98 Å². The highest BCUT2D eigenvalue weighted by Gasteiger charge is 2.11. The molecular formula is C20H19NO4. The molecule has 5 nitrogen and oxygen atoms in total. The zero-order valence-electron chi connectivity index (χ0n) is 14.2. The molecule has 0 aliphatic rings. The fraction of sp³-hybridized carbons (Fsp3) is 0.200. The molecule has 3 rings (SSSR count). The summed E-state index contributed by atoms with van der Waals surface area (Å²) in [7, 11) is 0. The number of esters is 1. The van der Waals surface area contributed by atoms with Gasteiger partial charge in [-0.2, -0.15) is 0 Å². The first-order chi connectivity index (χ1) is 12.1. The average Bonchev–Trinajstić information content (AvgIpc) is 3.09. The molecule has 0 N–H and O–H groups in total. The quantitative estimate of drug-likeness (QED) is 0.634. The number of aryl methyl sites for hydroxylation is 2. The SMILES string of the molecule is Cc1cccc(C)c1OCC(=O)OCc1ncc(-c2ccccc2)o1. The van der Waals surface area contributed by atoms with E-state index in [1.807, 2.05) is 62.4 Å². The van der Waals surface area contributed by atoms with Gasteiger partial charge >= 0.3 is 5.97 Å². The number of para-hydroxylation sites is 1. The number of aromatic nitrogens is 1. The second-order valence-corrected chi connectivity index (χ2v) is 5.65. The third kappa shape index (κ3) is 4.26. The first-order valence-electron chi connectivity index (χ1n) is 7.98. The first-order valence-corrected chi connectivity index (χ1v) is 7.98. The van der Waals surface area contributed by atoms with Crippen molar-refractivity contribution in [2.24, 2.45) is 0 Å². The molecule has 0 saturated heterocycles. The number of ether oxygens (including phenoxy) is 2. The lowest BCUT2D eigenvalue weighted by atomic mass is 10.1. The fourth-order valence-electron chi connectivity index (χ4n) is 2.45. The van der Waals surface area contributed by atoms with Gasteiger partial charge in [0.25, 0.3) is 0 Å². The predicted octanol–water partition coefficient (Wildman–Crippen LogP) is 4.08. The number of hydrogen-bond donors (Lipinski definition) is 0. The second kappa shape index (κ2) is 7.66. The molecular weight excluding hydrogens is 318 g/mol. The van der Waals surface area contributed by atoms with E-state index in [0.29, 0.717) is 17.4 Å². The highest BCUT2D eigenvalue weighted by molar-refractivity contribution is 5.71. The van der Waals surface area contributed by atoms with Gasteiger partial charge < -0.3 is 13.9 Å². The Balaban J connectivity index is 1.52. The minimum Gasteiger partial charge on any atom is -0.481 e. The van der Waals surface area contributed by atoms with E-state index < -0.39 is 5.97 Å². The normalized spacial score (nSPS) is 10.5. The number of carbonyl (C=O) groups is 1. The maximum Gasteiger partial charge on any atom is 0.344 e. The Morgan fingerprint density at radius 3 is 2.48 bits per heavy atom. The van der Waals surface area contributed by atoms with Crippen LogP contribution in [0.2, 0.25) is 0 Å². The number of nitrogens with zero attached hydrogens (tertiary/aromatic N) is 1. The second-order valence-electron chi connectivity index (χ2n) is 5.65. The van der Waals surface area contributed by atoms with Crippen molar-refractivity contribution in [3.63, 3.8) is 0 Å². The number of carbonyl (C=O) groups excluding carboxylic acids is 1. The van der Waals surface area contributed by atoms with Crippen LogP contribution in [0.15, 0.2) is 59.1 Å². The summed E-state index contributed by atoms with van der Waals surface area (Å²) in [5, 5.41) is 0. The lowest BCUT2D eigenvalue weighted by Gasteiger charge is -2.11. The van der Waals surface area contributed by atoms with Gasteiger partial charge in [0.1, 0.15) is 5.75 Å². The van der Waals surface area contributed by atoms with Crippen LogP contribution in [0, 0.1) is 13.8 Å². The summed E-state index contributed by atoms with van der Waals surface area (Å²) in [4.78, 5) is 16.0. The fourth-order valence-corrected chi connectivity index (χ4v) is 2.45. The number of rotatable bonds is 6. The zero-order valence-corrected chi connectivity index (χ0v) is 14.2. The van der Waals surface area contributed by atoms with Crippen molar-refractivity contribution in [3.05, 3.63) is 71.7 Å². The van der Waals surface area contributed by atoms with Crippen molar-refractivity contribution in [1.82, 2.24) is 4.98 Å². The minimum absolute atomic E-state index is 0.0260. The summed E-state index contributed by atoms with van der Waals surface area (Å²) >= 11 is 0. The minimum atomic E-state index is -0.470. The van der Waals surface area contributed by atoms with E-state index in [0.717, 1.165) is 16.7 Å². The lowest BCUT2D eigenvalue weighted by Crippen LogP contribution is -2.15. The molecule has 0 aliphatic heterocycles. The van der Waals surface area contributed by atoms with Gasteiger partial charge in [-0.3, -0.25) is 0 Å². The van der Waals surface area contributed by atoms with E-state index in [9.17, 15) is 4.79 Å². The molecule has 2 aromatic carbocycles. The van der Waals surface area contributed by atoms with Gasteiger partial charge in [0.05, 0.1) is 6.20 Å². The van der Waals surface area contributed by atoms with Gasteiger partial charge in [-0.05, 0) is 25.0 Å². The molecule has 3 aromatic rings. The summed E-state index contributed by atoms with van der Waals surface area (Å²) in [5.41, 5.74) is 2.88. The van der Waals surface area contributed by atoms with Crippen LogP contribution in [-0.2, 0) is 16.1 Å². The molecule has 0 radical (unpaired) electrons. The molecule has 0 aliphatic carbocycles. The summed E-state index contributed by atoms with van der Waals surface area (Å²) in [5.74, 6) is 1.22. The molecule has 1 heterocycles. The molecule has 0 saturated carbocycles. The molecule has 128 valence electrons. The lowest BCUT2D eigenvalue weighted by molar-refractivity contribution is -0.148. The van der Waals surface area contributed by atoms with Crippen molar-refractivity contribution in [1.29, 1.82) is 0 Å². The summed E-state index contributed by atoms with van der Waals surface area (Å²) in [6.45, 7) is 3.69. The molecule has 25 heavy (non-hydrogen) atoms. The summed E-state index contributed by atoms with van der Waals surface area (Å²) < 4.78 is 16.3. The van der Waals surface area contributed by atoms with Crippen LogP contribution in [0.3, 0.4) is 0 Å². The zero-order chi connectivity index (χ0) is 17.6. The van der Waals surface area contributed by atoms with E-state index in [1.165, 1.54) is 0 Å². The highest BCUT2D eigenvalue weighted by Crippen LogP contribution is 2.22. The van der Waals surface area contributed by atoms with Crippen LogP contribution in [0.1, 0.15) is 17.0 Å². The third-order valence-electron chi connectivity index (χ3n) is 3.71. The Kier molecular flexibility index (Phi) is 5.14. The molecule has 0 atom stereocenters. The van der Waals surface area contributed by atoms with Crippen molar-refractivity contribution < 1.29 is 18.7 Å². The van der Waals surface area contributed by atoms with E-state index >= 15 is 0 Å². The van der Waals surface area contributed by atoms with Crippen molar-refractivity contribution in [2.45, 2.75) is 20.5 Å². The van der Waals surface area contributed by atoms with E-state index in [-0.39, 0.29) is 13.2 Å². The standard InChI is InChI=1S/C20H19NO4/c1-14-7-6-8-15(2)20(14)24-13-19(22)23-12-18-21-11-17(25-18)16-9-4-3-5-10-16/h3-11H,12-13H2,1-2H3. The summed E-state index contributed by atoms with van der Waals surface area (Å²) in [6.07, 6.45) is 1.62. The van der Waals surface area contributed by atoms with Crippen molar-refractivity contribution in [3.8, 4) is 17.1 Å². The maximum atomic E-state index is 11.9. The highest BCUT2D eigenvalue weighted by atomic mass is 16.6. The Morgan fingerprint density at radius 2 is 1.76 bits per heavy atom. The maximum absolute atomic E-state index is 11.9. The van der Waals surface area contributed by atoms with Crippen molar-refractivity contribution >= 4 is 5.97 Å². The number of oxazole rings is 1. The van der Waals surface area contributed by atoms with Gasteiger partial charge in [-0.15, -0.1) is 0 Å². The largest absolute Gasteiger partial charge is 0.481 e. The molecule has 0 amide bonds. The molecule has 0 fully saturated rings. The average molecular weight is 337 g/mol. The Labute approximate surface area is 146 Å². The molecule has 0 unspecified atom stereocenters. The van der Waals surface area contributed by atoms with Crippen LogP contribution in [0.5, 0.6) is 5.75 Å². The van der Waals surface area contributed by atoms with Gasteiger partial charge in [0, 0.05) is 5.56 Å². The Bertz CT molecular complexity index is 835. The Hall–Kier alpha value is -3.08. The first kappa shape index (κ1) is 16.8. The van der Waals surface area contributed by atoms with Gasteiger partial charge in [0.2, 0.25) is 5.89 Å². The van der Waals surface area contributed by atoms with Crippen LogP contribution in [-0.4, -0.2) is 17.6 Å². The molecule has 1 aromatic heterocycles. The van der Waals surface area contributed by atoms with Gasteiger partial charge in [0.15, 0.2) is 19.0 Å². The molecule has 0 spiro atoms. The van der Waals surface area contributed by atoms with Crippen LogP contribution in [0.4, 0.5) is 0 Å². The smallest absolute Gasteiger partial charge is 0.344 e. The number of benzene rings is 2. The van der Waals surface area contributed by atoms with Gasteiger partial charge in [-0.1, -0.05) is 48.5 Å². The molecule has 0 bridgehead atoms. The monoisotopic (exact) mass is 337 g/mol. The topological polar surface area (TPSA) is 61.6 Å². The molecule has 5 heteroatoms. The predicted molar refractivity (Wildman–Crippen MR) is 93.1 cm³/mol. The number of hydrogen-bond acceptors (Lipinski definition) is 5. The van der Waals surface area contributed by atoms with Gasteiger partial charge in [-0.25, -0.2) is 9.78 Å². The van der Waals surface area contributed by atoms with Crippen LogP contribution < -0.4 is 4.74 Å².